The Morgan fingerprint density at radius 1 is 1.02 bits per heavy atom. The number of ether oxygens (including phenoxy) is 2. The Labute approximate surface area is 240 Å². The Hall–Kier alpha value is -2.70. The van der Waals surface area contributed by atoms with Gasteiger partial charge in [0.1, 0.15) is 0 Å². The zero-order valence-electron chi connectivity index (χ0n) is 24.6. The van der Waals surface area contributed by atoms with Crippen LogP contribution in [0.1, 0.15) is 78.6 Å². The van der Waals surface area contributed by atoms with E-state index in [-0.39, 0.29) is 17.8 Å². The first-order valence-corrected chi connectivity index (χ1v) is 15.2. The standard InChI is InChI=1S/C34H47NO5/c1-5-24-12-26(19-30(17-24)33(37)35-10-8-9-11-35)14-28-16-29(22-32(36)21-28)15-27-13-25(6-2)18-31(20-27)34(38)40-23(4)39-7-3/h5-6,13-16,23-24,30-32,36H,1,7-12,17-22H2,2-4H3/b25-6-,26-14-,29-15-. The van der Waals surface area contributed by atoms with Crippen molar-refractivity contribution in [2.24, 2.45) is 17.8 Å². The van der Waals surface area contributed by atoms with E-state index in [1.165, 1.54) is 5.57 Å². The molecule has 1 N–H and O–H groups in total. The van der Waals surface area contributed by atoms with Gasteiger partial charge in [-0.15, -0.1) is 6.58 Å². The molecule has 5 atom stereocenters. The zero-order valence-corrected chi connectivity index (χ0v) is 24.6. The summed E-state index contributed by atoms with van der Waals surface area (Å²) in [5, 5.41) is 10.8. The van der Waals surface area contributed by atoms with Gasteiger partial charge < -0.3 is 19.5 Å². The molecule has 40 heavy (non-hydrogen) atoms. The van der Waals surface area contributed by atoms with E-state index in [1.807, 2.05) is 30.9 Å². The lowest BCUT2D eigenvalue weighted by molar-refractivity contribution is -0.178. The molecule has 2 fully saturated rings. The molecule has 1 aliphatic heterocycles. The molecule has 0 aromatic carbocycles. The lowest BCUT2D eigenvalue weighted by Gasteiger charge is -2.32. The molecule has 1 saturated heterocycles. The summed E-state index contributed by atoms with van der Waals surface area (Å²) < 4.78 is 10.9. The molecule has 0 aromatic heterocycles. The fraction of sp³-hybridized carbons (Fsp3) is 0.588. The lowest BCUT2D eigenvalue weighted by Crippen LogP contribution is -2.36. The van der Waals surface area contributed by atoms with Crippen LogP contribution in [0.3, 0.4) is 0 Å². The van der Waals surface area contributed by atoms with Gasteiger partial charge in [0, 0.05) is 25.6 Å². The summed E-state index contributed by atoms with van der Waals surface area (Å²) in [5.41, 5.74) is 5.61. The van der Waals surface area contributed by atoms with Crippen LogP contribution in [0.25, 0.3) is 0 Å². The van der Waals surface area contributed by atoms with Gasteiger partial charge in [0.05, 0.1) is 12.0 Å². The third-order valence-corrected chi connectivity index (χ3v) is 8.52. The maximum atomic E-state index is 13.2. The van der Waals surface area contributed by atoms with Crippen LogP contribution < -0.4 is 0 Å². The minimum Gasteiger partial charge on any atom is -0.436 e. The Kier molecular flexibility index (Phi) is 10.8. The second-order valence-corrected chi connectivity index (χ2v) is 11.8. The van der Waals surface area contributed by atoms with Crippen LogP contribution >= 0.6 is 0 Å². The Balaban J connectivity index is 1.51. The van der Waals surface area contributed by atoms with Crippen molar-refractivity contribution in [3.8, 4) is 0 Å². The first-order valence-electron chi connectivity index (χ1n) is 15.2. The molecule has 4 rings (SSSR count). The molecule has 4 aliphatic rings. The van der Waals surface area contributed by atoms with Gasteiger partial charge in [-0.3, -0.25) is 9.59 Å². The fourth-order valence-corrected chi connectivity index (χ4v) is 6.62. The first kappa shape index (κ1) is 30.3. The predicted molar refractivity (Wildman–Crippen MR) is 158 cm³/mol. The molecular formula is C34H47NO5. The van der Waals surface area contributed by atoms with Crippen molar-refractivity contribution in [1.29, 1.82) is 0 Å². The van der Waals surface area contributed by atoms with Crippen molar-refractivity contribution >= 4 is 11.9 Å². The monoisotopic (exact) mass is 549 g/mol. The molecule has 0 spiro atoms. The number of carbonyl (C=O) groups excluding carboxylic acids is 2. The summed E-state index contributed by atoms with van der Waals surface area (Å²) in [5.74, 6) is 0.114. The number of esters is 1. The molecule has 218 valence electrons. The smallest absolute Gasteiger partial charge is 0.311 e. The predicted octanol–water partition coefficient (Wildman–Crippen LogP) is 6.35. The number of allylic oxidation sites excluding steroid dienone is 9. The topological polar surface area (TPSA) is 76.1 Å². The molecule has 5 unspecified atom stereocenters. The second kappa shape index (κ2) is 14.3. The number of carbonyl (C=O) groups is 2. The van der Waals surface area contributed by atoms with Crippen LogP contribution in [0, 0.1) is 17.8 Å². The van der Waals surface area contributed by atoms with Crippen molar-refractivity contribution in [3.63, 3.8) is 0 Å². The van der Waals surface area contributed by atoms with E-state index in [0.29, 0.717) is 44.1 Å². The van der Waals surface area contributed by atoms with E-state index in [4.69, 9.17) is 9.47 Å². The summed E-state index contributed by atoms with van der Waals surface area (Å²) in [4.78, 5) is 28.1. The van der Waals surface area contributed by atoms with Gasteiger partial charge in [0.15, 0.2) is 6.29 Å². The molecule has 1 saturated carbocycles. The number of rotatable bonds is 8. The van der Waals surface area contributed by atoms with E-state index in [1.54, 1.807) is 6.92 Å². The molecule has 0 radical (unpaired) electrons. The van der Waals surface area contributed by atoms with Gasteiger partial charge in [-0.05, 0) is 101 Å². The third kappa shape index (κ3) is 8.17. The Morgan fingerprint density at radius 3 is 2.45 bits per heavy atom. The zero-order chi connectivity index (χ0) is 28.6. The average Bonchev–Trinajstić information content (AvgIpc) is 3.47. The van der Waals surface area contributed by atoms with Crippen LogP contribution in [0.4, 0.5) is 0 Å². The molecule has 1 heterocycles. The summed E-state index contributed by atoms with van der Waals surface area (Å²) >= 11 is 0. The van der Waals surface area contributed by atoms with Gasteiger partial charge in [0.2, 0.25) is 5.91 Å². The van der Waals surface area contributed by atoms with E-state index in [2.05, 4.69) is 30.9 Å². The summed E-state index contributed by atoms with van der Waals surface area (Å²) in [6.07, 6.45) is 18.9. The minimum atomic E-state index is -0.558. The molecule has 6 nitrogen and oxygen atoms in total. The number of aliphatic hydroxyl groups excluding tert-OH is 1. The van der Waals surface area contributed by atoms with Gasteiger partial charge >= 0.3 is 5.97 Å². The summed E-state index contributed by atoms with van der Waals surface area (Å²) in [6.45, 7) is 11.9. The maximum absolute atomic E-state index is 13.2. The van der Waals surface area contributed by atoms with E-state index in [0.717, 1.165) is 67.5 Å². The highest BCUT2D eigenvalue weighted by Crippen LogP contribution is 2.38. The van der Waals surface area contributed by atoms with Crippen molar-refractivity contribution in [3.05, 3.63) is 70.9 Å². The maximum Gasteiger partial charge on any atom is 0.311 e. The van der Waals surface area contributed by atoms with Crippen molar-refractivity contribution in [2.45, 2.75) is 91.0 Å². The Morgan fingerprint density at radius 2 is 1.75 bits per heavy atom. The Bertz CT molecular complexity index is 1100. The average molecular weight is 550 g/mol. The number of hydrogen-bond donors (Lipinski definition) is 1. The van der Waals surface area contributed by atoms with Crippen LogP contribution in [0.5, 0.6) is 0 Å². The van der Waals surface area contributed by atoms with Crippen LogP contribution in [0.2, 0.25) is 0 Å². The lowest BCUT2D eigenvalue weighted by atomic mass is 9.76. The molecule has 0 bridgehead atoms. The number of likely N-dealkylation sites (tertiary alicyclic amines) is 1. The van der Waals surface area contributed by atoms with Gasteiger partial charge in [-0.2, -0.15) is 0 Å². The number of aliphatic hydroxyl groups is 1. The number of amides is 1. The van der Waals surface area contributed by atoms with E-state index in [9.17, 15) is 14.7 Å². The van der Waals surface area contributed by atoms with Crippen molar-refractivity contribution in [2.75, 3.05) is 19.7 Å². The normalized spacial score (nSPS) is 31.2. The van der Waals surface area contributed by atoms with Crippen LogP contribution in [-0.4, -0.2) is 54.0 Å². The SMILES string of the molecule is C=CC1C/C(=C/C2=CC(=C/C3=CC(=C/C)/CC(C(=O)OC(C)OCC)C3)/CC(O)C2)CC(C(=O)N2CCCC2)C1. The fourth-order valence-electron chi connectivity index (χ4n) is 6.62. The number of nitrogens with zero attached hydrogens (tertiary/aromatic N) is 1. The minimum absolute atomic E-state index is 0.0130. The third-order valence-electron chi connectivity index (χ3n) is 8.52. The molecular weight excluding hydrogens is 502 g/mol. The number of hydrogen-bond acceptors (Lipinski definition) is 5. The molecule has 0 aromatic rings. The highest BCUT2D eigenvalue weighted by molar-refractivity contribution is 5.79. The highest BCUT2D eigenvalue weighted by Gasteiger charge is 2.33. The molecule has 1 amide bonds. The van der Waals surface area contributed by atoms with Crippen LogP contribution in [-0.2, 0) is 19.1 Å². The largest absolute Gasteiger partial charge is 0.436 e. The van der Waals surface area contributed by atoms with Crippen LogP contribution in [0.15, 0.2) is 70.9 Å². The van der Waals surface area contributed by atoms with Gasteiger partial charge in [0.25, 0.3) is 0 Å². The molecule has 6 heteroatoms. The quantitative estimate of drug-likeness (QED) is 0.217. The van der Waals surface area contributed by atoms with Crippen molar-refractivity contribution in [1.82, 2.24) is 4.90 Å². The summed E-state index contributed by atoms with van der Waals surface area (Å²) in [6, 6.07) is 0. The first-order chi connectivity index (χ1) is 19.3. The summed E-state index contributed by atoms with van der Waals surface area (Å²) in [7, 11) is 0. The van der Waals surface area contributed by atoms with Crippen molar-refractivity contribution < 1.29 is 24.2 Å². The van der Waals surface area contributed by atoms with E-state index >= 15 is 0 Å². The van der Waals surface area contributed by atoms with Gasteiger partial charge in [-0.25, -0.2) is 0 Å². The van der Waals surface area contributed by atoms with E-state index < -0.39 is 12.4 Å². The highest BCUT2D eigenvalue weighted by atomic mass is 16.7. The second-order valence-electron chi connectivity index (χ2n) is 11.8. The van der Waals surface area contributed by atoms with Gasteiger partial charge in [-0.1, -0.05) is 47.6 Å². The molecule has 3 aliphatic carbocycles.